The molecule has 1 aliphatic carbocycles. The van der Waals surface area contributed by atoms with Crippen LogP contribution in [0.2, 0.25) is 0 Å². The third-order valence-corrected chi connectivity index (χ3v) is 5.50. The number of aliphatic hydroxyl groups excluding tert-OH is 1. The van der Waals surface area contributed by atoms with Gasteiger partial charge in [-0.1, -0.05) is 18.9 Å². The second kappa shape index (κ2) is 6.37. The fourth-order valence-electron chi connectivity index (χ4n) is 4.11. The van der Waals surface area contributed by atoms with Crippen LogP contribution in [0.1, 0.15) is 49.7 Å². The summed E-state index contributed by atoms with van der Waals surface area (Å²) in [5.74, 6) is 0.938. The van der Waals surface area contributed by atoms with Crippen LogP contribution in [0.4, 0.5) is 0 Å². The highest BCUT2D eigenvalue weighted by molar-refractivity contribution is 5.37. The Morgan fingerprint density at radius 2 is 1.86 bits per heavy atom. The number of ether oxygens (including phenoxy) is 1. The van der Waals surface area contributed by atoms with E-state index in [1.807, 2.05) is 12.1 Å². The van der Waals surface area contributed by atoms with Crippen molar-refractivity contribution >= 4 is 0 Å². The molecule has 2 aliphatic rings. The van der Waals surface area contributed by atoms with E-state index in [1.165, 1.54) is 57.2 Å². The van der Waals surface area contributed by atoms with Crippen molar-refractivity contribution in [1.29, 1.82) is 0 Å². The maximum Gasteiger partial charge on any atom is 0.123 e. The molecule has 3 rings (SSSR count). The van der Waals surface area contributed by atoms with Crippen molar-refractivity contribution in [3.8, 4) is 5.75 Å². The first kappa shape index (κ1) is 14.9. The highest BCUT2D eigenvalue weighted by Gasteiger charge is 2.36. The maximum absolute atomic E-state index is 9.32. The fourth-order valence-corrected chi connectivity index (χ4v) is 4.11. The quantitative estimate of drug-likeness (QED) is 0.922. The predicted octanol–water partition coefficient (Wildman–Crippen LogP) is 3.34. The lowest BCUT2D eigenvalue weighted by atomic mass is 9.77. The number of hydrogen-bond acceptors (Lipinski definition) is 3. The van der Waals surface area contributed by atoms with Crippen LogP contribution >= 0.6 is 0 Å². The van der Waals surface area contributed by atoms with Gasteiger partial charge in [-0.15, -0.1) is 0 Å². The summed E-state index contributed by atoms with van der Waals surface area (Å²) in [4.78, 5) is 2.54. The molecule has 0 atom stereocenters. The Hall–Kier alpha value is -1.06. The van der Waals surface area contributed by atoms with Crippen molar-refractivity contribution in [2.75, 3.05) is 20.2 Å². The van der Waals surface area contributed by atoms with Gasteiger partial charge in [0.15, 0.2) is 0 Å². The summed E-state index contributed by atoms with van der Waals surface area (Å²) in [6.07, 6.45) is 8.48. The second-order valence-corrected chi connectivity index (χ2v) is 6.79. The number of aliphatic hydroxyl groups is 1. The fraction of sp³-hybridized carbons (Fsp3) is 0.667. The van der Waals surface area contributed by atoms with E-state index in [-0.39, 0.29) is 6.61 Å². The molecule has 1 saturated heterocycles. The molecule has 3 nitrogen and oxygen atoms in total. The zero-order chi connectivity index (χ0) is 14.7. The van der Waals surface area contributed by atoms with Crippen molar-refractivity contribution < 1.29 is 9.84 Å². The Morgan fingerprint density at radius 1 is 1.14 bits per heavy atom. The van der Waals surface area contributed by atoms with Crippen molar-refractivity contribution in [2.24, 2.45) is 5.41 Å². The first-order chi connectivity index (χ1) is 10.2. The van der Waals surface area contributed by atoms with Gasteiger partial charge in [-0.2, -0.15) is 0 Å². The molecule has 3 heteroatoms. The Labute approximate surface area is 127 Å². The van der Waals surface area contributed by atoms with Gasteiger partial charge in [0.2, 0.25) is 0 Å². The monoisotopic (exact) mass is 289 g/mol. The predicted molar refractivity (Wildman–Crippen MR) is 84.3 cm³/mol. The van der Waals surface area contributed by atoms with Gasteiger partial charge in [0.1, 0.15) is 5.75 Å². The van der Waals surface area contributed by atoms with E-state index in [1.54, 1.807) is 7.11 Å². The molecule has 1 aromatic rings. The molecule has 1 aromatic carbocycles. The first-order valence-corrected chi connectivity index (χ1v) is 8.24. The molecule has 2 fully saturated rings. The molecule has 21 heavy (non-hydrogen) atoms. The van der Waals surface area contributed by atoms with Crippen molar-refractivity contribution in [3.05, 3.63) is 29.3 Å². The van der Waals surface area contributed by atoms with E-state index < -0.39 is 0 Å². The summed E-state index contributed by atoms with van der Waals surface area (Å²) in [5, 5.41) is 9.32. The van der Waals surface area contributed by atoms with Crippen LogP contribution in [-0.2, 0) is 13.2 Å². The first-order valence-electron chi connectivity index (χ1n) is 8.24. The normalized spacial score (nSPS) is 21.8. The Kier molecular flexibility index (Phi) is 4.51. The van der Waals surface area contributed by atoms with Gasteiger partial charge < -0.3 is 9.84 Å². The number of likely N-dealkylation sites (tertiary alicyclic amines) is 1. The van der Waals surface area contributed by atoms with Gasteiger partial charge in [0.25, 0.3) is 0 Å². The van der Waals surface area contributed by atoms with Crippen LogP contribution in [0.25, 0.3) is 0 Å². The molecule has 1 saturated carbocycles. The lowest BCUT2D eigenvalue weighted by molar-refractivity contribution is 0.103. The molecule has 1 aliphatic heterocycles. The average Bonchev–Trinajstić information content (AvgIpc) is 2.98. The molecule has 1 spiro atoms. The number of nitrogens with zero attached hydrogens (tertiary/aromatic N) is 1. The van der Waals surface area contributed by atoms with Crippen molar-refractivity contribution in [3.63, 3.8) is 0 Å². The van der Waals surface area contributed by atoms with Gasteiger partial charge in [0.05, 0.1) is 13.7 Å². The van der Waals surface area contributed by atoms with Gasteiger partial charge in [0, 0.05) is 12.1 Å². The van der Waals surface area contributed by atoms with E-state index in [9.17, 15) is 5.11 Å². The minimum Gasteiger partial charge on any atom is -0.496 e. The summed E-state index contributed by atoms with van der Waals surface area (Å²) in [6, 6.07) is 5.99. The molecule has 0 unspecified atom stereocenters. The highest BCUT2D eigenvalue weighted by Crippen LogP contribution is 2.46. The van der Waals surface area contributed by atoms with E-state index in [0.29, 0.717) is 5.41 Å². The number of methoxy groups -OCH3 is 1. The van der Waals surface area contributed by atoms with Gasteiger partial charge in [-0.3, -0.25) is 4.90 Å². The Bertz CT molecular complexity index is 470. The number of piperidine rings is 1. The molecular weight excluding hydrogens is 262 g/mol. The standard InChI is InChI=1S/C18H27NO2/c1-21-17-5-4-15(14-20)12-16(17)13-19-10-8-18(9-11-19)6-2-3-7-18/h4-5,12,20H,2-3,6-11,13-14H2,1H3. The third-order valence-electron chi connectivity index (χ3n) is 5.50. The number of hydrogen-bond donors (Lipinski definition) is 1. The summed E-state index contributed by atoms with van der Waals surface area (Å²) in [5.41, 5.74) is 2.84. The maximum atomic E-state index is 9.32. The van der Waals surface area contributed by atoms with Crippen molar-refractivity contribution in [2.45, 2.75) is 51.7 Å². The summed E-state index contributed by atoms with van der Waals surface area (Å²) < 4.78 is 5.47. The van der Waals surface area contributed by atoms with Crippen LogP contribution < -0.4 is 4.74 Å². The Balaban J connectivity index is 1.64. The highest BCUT2D eigenvalue weighted by atomic mass is 16.5. The summed E-state index contributed by atoms with van der Waals surface area (Å²) in [6.45, 7) is 3.44. The molecule has 1 N–H and O–H groups in total. The Morgan fingerprint density at radius 3 is 2.48 bits per heavy atom. The van der Waals surface area contributed by atoms with Crippen LogP contribution in [0.5, 0.6) is 5.75 Å². The summed E-state index contributed by atoms with van der Waals surface area (Å²) in [7, 11) is 1.72. The largest absolute Gasteiger partial charge is 0.496 e. The zero-order valence-electron chi connectivity index (χ0n) is 13.1. The van der Waals surface area contributed by atoms with Gasteiger partial charge in [-0.05, 0) is 61.9 Å². The van der Waals surface area contributed by atoms with Gasteiger partial charge >= 0.3 is 0 Å². The zero-order valence-corrected chi connectivity index (χ0v) is 13.1. The number of rotatable bonds is 4. The lowest BCUT2D eigenvalue weighted by Gasteiger charge is -2.39. The smallest absolute Gasteiger partial charge is 0.123 e. The summed E-state index contributed by atoms with van der Waals surface area (Å²) >= 11 is 0. The van der Waals surface area contributed by atoms with E-state index in [2.05, 4.69) is 11.0 Å². The van der Waals surface area contributed by atoms with Crippen molar-refractivity contribution in [1.82, 2.24) is 4.90 Å². The third kappa shape index (κ3) is 3.24. The molecule has 0 amide bonds. The van der Waals surface area contributed by atoms with E-state index in [4.69, 9.17) is 4.74 Å². The SMILES string of the molecule is COc1ccc(CO)cc1CN1CCC2(CCCC2)CC1. The van der Waals surface area contributed by atoms with Gasteiger partial charge in [-0.25, -0.2) is 0 Å². The minimum atomic E-state index is 0.0973. The van der Waals surface area contributed by atoms with Crippen LogP contribution in [-0.4, -0.2) is 30.2 Å². The topological polar surface area (TPSA) is 32.7 Å². The average molecular weight is 289 g/mol. The number of benzene rings is 1. The molecular formula is C18H27NO2. The molecule has 0 radical (unpaired) electrons. The van der Waals surface area contributed by atoms with E-state index in [0.717, 1.165) is 17.9 Å². The second-order valence-electron chi connectivity index (χ2n) is 6.79. The van der Waals surface area contributed by atoms with E-state index >= 15 is 0 Å². The van der Waals surface area contributed by atoms with Crippen LogP contribution in [0.15, 0.2) is 18.2 Å². The molecule has 0 bridgehead atoms. The van der Waals surface area contributed by atoms with Crippen LogP contribution in [0.3, 0.4) is 0 Å². The lowest BCUT2D eigenvalue weighted by Crippen LogP contribution is -2.38. The molecule has 0 aromatic heterocycles. The minimum absolute atomic E-state index is 0.0973. The molecule has 116 valence electrons. The molecule has 1 heterocycles. The van der Waals surface area contributed by atoms with Crippen LogP contribution in [0, 0.1) is 5.41 Å².